The summed E-state index contributed by atoms with van der Waals surface area (Å²) in [7, 11) is -3.05. The largest absolute Gasteiger partial charge is 0.445 e. The third-order valence-corrected chi connectivity index (χ3v) is 6.78. The number of ether oxygens (including phenoxy) is 1. The standard InChI is InChI=1S/C14H17NO4S/c16-13(19-9-11-4-2-1-3-5-11)15-12-8-14(6-7-14)20(17,18)10-12/h1-5,12H,6-10H2,(H,15,16). The van der Waals surface area contributed by atoms with Crippen molar-refractivity contribution in [1.82, 2.24) is 5.32 Å². The van der Waals surface area contributed by atoms with E-state index in [2.05, 4.69) is 5.32 Å². The van der Waals surface area contributed by atoms with Crippen molar-refractivity contribution in [3.05, 3.63) is 35.9 Å². The van der Waals surface area contributed by atoms with E-state index in [0.717, 1.165) is 18.4 Å². The molecule has 1 atom stereocenters. The zero-order chi connectivity index (χ0) is 14.2. The third kappa shape index (κ3) is 2.52. The molecular formula is C14H17NO4S. The van der Waals surface area contributed by atoms with E-state index in [0.29, 0.717) is 6.42 Å². The molecule has 6 heteroatoms. The van der Waals surface area contributed by atoms with E-state index in [4.69, 9.17) is 4.74 Å². The van der Waals surface area contributed by atoms with Crippen LogP contribution >= 0.6 is 0 Å². The Kier molecular flexibility index (Phi) is 3.20. The number of amides is 1. The van der Waals surface area contributed by atoms with Crippen LogP contribution in [0.4, 0.5) is 4.79 Å². The lowest BCUT2D eigenvalue weighted by molar-refractivity contribution is 0.136. The monoisotopic (exact) mass is 295 g/mol. The van der Waals surface area contributed by atoms with Crippen molar-refractivity contribution in [1.29, 1.82) is 0 Å². The van der Waals surface area contributed by atoms with Gasteiger partial charge in [0.2, 0.25) is 0 Å². The molecule has 1 amide bonds. The Morgan fingerprint density at radius 1 is 1.30 bits per heavy atom. The zero-order valence-corrected chi connectivity index (χ0v) is 11.9. The minimum Gasteiger partial charge on any atom is -0.445 e. The second kappa shape index (κ2) is 4.77. The number of carbonyl (C=O) groups is 1. The Hall–Kier alpha value is -1.56. The van der Waals surface area contributed by atoms with Crippen LogP contribution in [0.1, 0.15) is 24.8 Å². The Morgan fingerprint density at radius 3 is 2.60 bits per heavy atom. The average molecular weight is 295 g/mol. The van der Waals surface area contributed by atoms with Gasteiger partial charge >= 0.3 is 6.09 Å². The van der Waals surface area contributed by atoms with Gasteiger partial charge in [-0.15, -0.1) is 0 Å². The van der Waals surface area contributed by atoms with Gasteiger partial charge in [0, 0.05) is 6.04 Å². The number of nitrogens with one attached hydrogen (secondary N) is 1. The third-order valence-electron chi connectivity index (χ3n) is 4.04. The van der Waals surface area contributed by atoms with Crippen LogP contribution in [0.2, 0.25) is 0 Å². The van der Waals surface area contributed by atoms with E-state index >= 15 is 0 Å². The van der Waals surface area contributed by atoms with Gasteiger partial charge in [-0.05, 0) is 24.8 Å². The number of hydrogen-bond donors (Lipinski definition) is 1. The molecule has 0 aromatic heterocycles. The molecule has 1 saturated heterocycles. The molecule has 1 aromatic rings. The van der Waals surface area contributed by atoms with E-state index in [1.807, 2.05) is 30.3 Å². The maximum Gasteiger partial charge on any atom is 0.407 e. The van der Waals surface area contributed by atoms with E-state index in [-0.39, 0.29) is 18.4 Å². The van der Waals surface area contributed by atoms with Gasteiger partial charge in [-0.25, -0.2) is 13.2 Å². The van der Waals surface area contributed by atoms with Gasteiger partial charge in [-0.2, -0.15) is 0 Å². The van der Waals surface area contributed by atoms with Crippen molar-refractivity contribution in [3.8, 4) is 0 Å². The Morgan fingerprint density at radius 2 is 2.00 bits per heavy atom. The second-order valence-corrected chi connectivity index (χ2v) is 8.00. The fraction of sp³-hybridized carbons (Fsp3) is 0.500. The van der Waals surface area contributed by atoms with Crippen molar-refractivity contribution >= 4 is 15.9 Å². The summed E-state index contributed by atoms with van der Waals surface area (Å²) < 4.78 is 28.4. The first-order chi connectivity index (χ1) is 9.51. The summed E-state index contributed by atoms with van der Waals surface area (Å²) in [5.41, 5.74) is 0.903. The van der Waals surface area contributed by atoms with Gasteiger partial charge in [-0.1, -0.05) is 30.3 Å². The highest BCUT2D eigenvalue weighted by atomic mass is 32.2. The van der Waals surface area contributed by atoms with Crippen molar-refractivity contribution in [2.75, 3.05) is 5.75 Å². The molecule has 1 aliphatic carbocycles. The van der Waals surface area contributed by atoms with Crippen LogP contribution in [0.5, 0.6) is 0 Å². The highest BCUT2D eigenvalue weighted by Crippen LogP contribution is 2.51. The second-order valence-electron chi connectivity index (χ2n) is 5.57. The van der Waals surface area contributed by atoms with Crippen molar-refractivity contribution in [3.63, 3.8) is 0 Å². The quantitative estimate of drug-likeness (QED) is 0.920. The number of carbonyl (C=O) groups excluding carboxylic acids is 1. The van der Waals surface area contributed by atoms with Crippen LogP contribution in [0.3, 0.4) is 0 Å². The fourth-order valence-corrected chi connectivity index (χ4v) is 5.02. The smallest absolute Gasteiger partial charge is 0.407 e. The molecule has 0 bridgehead atoms. The fourth-order valence-electron chi connectivity index (χ4n) is 2.76. The number of alkyl carbamates (subject to hydrolysis) is 1. The minimum absolute atomic E-state index is 0.0352. The Bertz CT molecular complexity index is 607. The van der Waals surface area contributed by atoms with Crippen LogP contribution in [0.25, 0.3) is 0 Å². The molecule has 0 radical (unpaired) electrons. The molecule has 5 nitrogen and oxygen atoms in total. The summed E-state index contributed by atoms with van der Waals surface area (Å²) >= 11 is 0. The lowest BCUT2D eigenvalue weighted by Gasteiger charge is -2.11. The summed E-state index contributed by atoms with van der Waals surface area (Å²) in [4.78, 5) is 11.7. The number of rotatable bonds is 3. The predicted molar refractivity (Wildman–Crippen MR) is 73.9 cm³/mol. The normalized spacial score (nSPS) is 25.3. The predicted octanol–water partition coefficient (Wildman–Crippen LogP) is 1.63. The molecular weight excluding hydrogens is 278 g/mol. The van der Waals surface area contributed by atoms with E-state index < -0.39 is 20.7 Å². The lowest BCUT2D eigenvalue weighted by Crippen LogP contribution is -2.36. The summed E-state index contributed by atoms with van der Waals surface area (Å²) in [6.45, 7) is 0.192. The molecule has 1 saturated carbocycles. The molecule has 1 unspecified atom stereocenters. The molecule has 108 valence electrons. The topological polar surface area (TPSA) is 72.5 Å². The Balaban J connectivity index is 1.51. The van der Waals surface area contributed by atoms with Crippen LogP contribution < -0.4 is 5.32 Å². The highest BCUT2D eigenvalue weighted by molar-refractivity contribution is 7.93. The zero-order valence-electron chi connectivity index (χ0n) is 11.0. The van der Waals surface area contributed by atoms with Gasteiger partial charge in [0.25, 0.3) is 0 Å². The first-order valence-electron chi connectivity index (χ1n) is 6.70. The van der Waals surface area contributed by atoms with Gasteiger partial charge in [0.1, 0.15) is 6.61 Å². The summed E-state index contributed by atoms with van der Waals surface area (Å²) in [6, 6.07) is 9.06. The number of sulfone groups is 1. The summed E-state index contributed by atoms with van der Waals surface area (Å²) in [5.74, 6) is 0.0352. The molecule has 3 rings (SSSR count). The van der Waals surface area contributed by atoms with E-state index in [9.17, 15) is 13.2 Å². The highest BCUT2D eigenvalue weighted by Gasteiger charge is 2.60. The maximum absolute atomic E-state index is 11.9. The van der Waals surface area contributed by atoms with E-state index in [1.165, 1.54) is 0 Å². The van der Waals surface area contributed by atoms with Gasteiger partial charge < -0.3 is 10.1 Å². The average Bonchev–Trinajstić information content (AvgIpc) is 3.13. The van der Waals surface area contributed by atoms with Crippen LogP contribution in [-0.4, -0.2) is 31.1 Å². The summed E-state index contributed by atoms with van der Waals surface area (Å²) in [5, 5.41) is 2.66. The molecule has 1 spiro atoms. The molecule has 1 aromatic carbocycles. The molecule has 20 heavy (non-hydrogen) atoms. The minimum atomic E-state index is -3.05. The van der Waals surface area contributed by atoms with Gasteiger partial charge in [0.15, 0.2) is 9.84 Å². The number of hydrogen-bond acceptors (Lipinski definition) is 4. The Labute approximate surface area is 118 Å². The number of benzene rings is 1. The maximum atomic E-state index is 11.9. The van der Waals surface area contributed by atoms with Crippen molar-refractivity contribution in [2.24, 2.45) is 0 Å². The molecule has 2 aliphatic rings. The molecule has 1 aliphatic heterocycles. The summed E-state index contributed by atoms with van der Waals surface area (Å²) in [6.07, 6.45) is 1.43. The SMILES string of the molecule is O=C(NC1CC2(CC2)S(=O)(=O)C1)OCc1ccccc1. The first kappa shape index (κ1) is 13.4. The van der Waals surface area contributed by atoms with Gasteiger partial charge in [-0.3, -0.25) is 0 Å². The van der Waals surface area contributed by atoms with E-state index in [1.54, 1.807) is 0 Å². The van der Waals surface area contributed by atoms with Crippen LogP contribution in [-0.2, 0) is 21.2 Å². The first-order valence-corrected chi connectivity index (χ1v) is 8.36. The molecule has 2 fully saturated rings. The van der Waals surface area contributed by atoms with Crippen LogP contribution in [0.15, 0.2) is 30.3 Å². The van der Waals surface area contributed by atoms with Crippen LogP contribution in [0, 0.1) is 0 Å². The van der Waals surface area contributed by atoms with Gasteiger partial charge in [0.05, 0.1) is 10.5 Å². The van der Waals surface area contributed by atoms with Crippen molar-refractivity contribution < 1.29 is 17.9 Å². The van der Waals surface area contributed by atoms with Crippen molar-refractivity contribution in [2.45, 2.75) is 36.7 Å². The molecule has 1 heterocycles. The lowest BCUT2D eigenvalue weighted by atomic mass is 10.2. The molecule has 1 N–H and O–H groups in total.